The monoisotopic (exact) mass is 349 g/mol. The third kappa shape index (κ3) is 4.65. The third-order valence-electron chi connectivity index (χ3n) is 4.76. The zero-order chi connectivity index (χ0) is 16.8. The summed E-state index contributed by atoms with van der Waals surface area (Å²) in [5, 5.41) is 3.07. The molecule has 1 aromatic rings. The number of ether oxygens (including phenoxy) is 1. The van der Waals surface area contributed by atoms with Crippen LogP contribution >= 0.6 is 11.8 Å². The molecule has 0 aliphatic carbocycles. The molecule has 2 saturated heterocycles. The number of carbonyl (C=O) groups excluding carboxylic acids is 1. The number of morpholine rings is 1. The Morgan fingerprint density at radius 2 is 2.08 bits per heavy atom. The van der Waals surface area contributed by atoms with E-state index in [4.69, 9.17) is 4.74 Å². The molecule has 2 aliphatic heterocycles. The molecule has 24 heavy (non-hydrogen) atoms. The van der Waals surface area contributed by atoms with Gasteiger partial charge in [0.15, 0.2) is 0 Å². The van der Waals surface area contributed by atoms with Crippen LogP contribution in [0.15, 0.2) is 24.3 Å². The van der Waals surface area contributed by atoms with Gasteiger partial charge in [-0.2, -0.15) is 11.8 Å². The summed E-state index contributed by atoms with van der Waals surface area (Å²) in [6.45, 7) is 5.88. The lowest BCUT2D eigenvalue weighted by Gasteiger charge is -2.32. The molecule has 0 spiro atoms. The van der Waals surface area contributed by atoms with Crippen LogP contribution in [0, 0.1) is 0 Å². The topological polar surface area (TPSA) is 44.8 Å². The minimum Gasteiger partial charge on any atom is -0.379 e. The summed E-state index contributed by atoms with van der Waals surface area (Å²) in [5.41, 5.74) is 2.47. The summed E-state index contributed by atoms with van der Waals surface area (Å²) in [6, 6.07) is 9.00. The van der Waals surface area contributed by atoms with Crippen molar-refractivity contribution in [2.24, 2.45) is 0 Å². The molecule has 6 heteroatoms. The molecule has 0 aromatic heterocycles. The van der Waals surface area contributed by atoms with Crippen LogP contribution in [0.1, 0.15) is 17.5 Å². The van der Waals surface area contributed by atoms with Crippen LogP contribution < -0.4 is 5.32 Å². The van der Waals surface area contributed by atoms with Crippen molar-refractivity contribution < 1.29 is 9.53 Å². The van der Waals surface area contributed by atoms with Gasteiger partial charge in [0.2, 0.25) is 0 Å². The van der Waals surface area contributed by atoms with Crippen molar-refractivity contribution in [3.8, 4) is 0 Å². The summed E-state index contributed by atoms with van der Waals surface area (Å²) in [6.07, 6.45) is 3.17. The van der Waals surface area contributed by atoms with E-state index in [9.17, 15) is 4.79 Å². The van der Waals surface area contributed by atoms with Gasteiger partial charge in [0.1, 0.15) is 0 Å². The number of urea groups is 1. The minimum atomic E-state index is 0.0565. The maximum atomic E-state index is 12.4. The Morgan fingerprint density at radius 3 is 2.88 bits per heavy atom. The van der Waals surface area contributed by atoms with E-state index in [1.165, 1.54) is 11.1 Å². The van der Waals surface area contributed by atoms with Gasteiger partial charge in [0, 0.05) is 44.5 Å². The second-order valence-corrected chi connectivity index (χ2v) is 7.31. The minimum absolute atomic E-state index is 0.0565. The second-order valence-electron chi connectivity index (χ2n) is 6.45. The smallest absolute Gasteiger partial charge is 0.317 e. The first kappa shape index (κ1) is 17.6. The van der Waals surface area contributed by atoms with Crippen LogP contribution in [0.4, 0.5) is 4.79 Å². The second kappa shape index (κ2) is 8.74. The Balaban J connectivity index is 1.46. The summed E-state index contributed by atoms with van der Waals surface area (Å²) in [5.74, 6) is 1.01. The lowest BCUT2D eigenvalue weighted by atomic mass is 10.1. The average molecular weight is 350 g/mol. The molecule has 1 aromatic carbocycles. The van der Waals surface area contributed by atoms with E-state index in [2.05, 4.69) is 40.7 Å². The molecule has 132 valence electrons. The van der Waals surface area contributed by atoms with Crippen molar-refractivity contribution in [3.05, 3.63) is 35.4 Å². The van der Waals surface area contributed by atoms with Gasteiger partial charge in [-0.1, -0.05) is 24.3 Å². The number of thioether (sulfide) groups is 1. The summed E-state index contributed by atoms with van der Waals surface area (Å²) >= 11 is 1.81. The van der Waals surface area contributed by atoms with E-state index in [1.807, 2.05) is 16.7 Å². The van der Waals surface area contributed by atoms with Gasteiger partial charge in [-0.05, 0) is 23.8 Å². The standard InChI is InChI=1S/C18H27N3O2S/c1-24-14-16-4-2-3-15(11-16)12-19-18(22)21-6-5-17(13-21)20-7-9-23-10-8-20/h2-4,11,17H,5-10,12-14H2,1H3,(H,19,22). The van der Waals surface area contributed by atoms with Crippen molar-refractivity contribution in [1.82, 2.24) is 15.1 Å². The van der Waals surface area contributed by atoms with Crippen LogP contribution in [-0.2, 0) is 17.0 Å². The summed E-state index contributed by atoms with van der Waals surface area (Å²) < 4.78 is 5.41. The lowest BCUT2D eigenvalue weighted by Crippen LogP contribution is -2.46. The zero-order valence-electron chi connectivity index (χ0n) is 14.4. The highest BCUT2D eigenvalue weighted by molar-refractivity contribution is 7.97. The molecule has 0 saturated carbocycles. The van der Waals surface area contributed by atoms with Crippen molar-refractivity contribution >= 4 is 17.8 Å². The van der Waals surface area contributed by atoms with Crippen LogP contribution in [0.2, 0.25) is 0 Å². The van der Waals surface area contributed by atoms with Gasteiger partial charge in [-0.15, -0.1) is 0 Å². The molecule has 1 atom stereocenters. The van der Waals surface area contributed by atoms with E-state index in [0.717, 1.165) is 51.6 Å². The molecule has 2 amide bonds. The van der Waals surface area contributed by atoms with Gasteiger partial charge < -0.3 is 15.0 Å². The maximum Gasteiger partial charge on any atom is 0.317 e. The first-order valence-electron chi connectivity index (χ1n) is 8.67. The van der Waals surface area contributed by atoms with Gasteiger partial charge in [-0.3, -0.25) is 4.90 Å². The van der Waals surface area contributed by atoms with Crippen molar-refractivity contribution in [2.75, 3.05) is 45.6 Å². The number of benzene rings is 1. The number of likely N-dealkylation sites (tertiary alicyclic amines) is 1. The van der Waals surface area contributed by atoms with Gasteiger partial charge in [-0.25, -0.2) is 4.79 Å². The highest BCUT2D eigenvalue weighted by atomic mass is 32.2. The molecular formula is C18H27N3O2S. The van der Waals surface area contributed by atoms with Crippen LogP contribution in [0.25, 0.3) is 0 Å². The van der Waals surface area contributed by atoms with E-state index in [0.29, 0.717) is 12.6 Å². The molecule has 1 N–H and O–H groups in total. The number of carbonyl (C=O) groups is 1. The fourth-order valence-corrected chi connectivity index (χ4v) is 3.97. The molecule has 1 unspecified atom stereocenters. The van der Waals surface area contributed by atoms with E-state index in [1.54, 1.807) is 0 Å². The Labute approximate surface area is 148 Å². The summed E-state index contributed by atoms with van der Waals surface area (Å²) in [7, 11) is 0. The summed E-state index contributed by atoms with van der Waals surface area (Å²) in [4.78, 5) is 16.8. The normalized spacial score (nSPS) is 21.9. The molecule has 2 aliphatic rings. The molecule has 0 bridgehead atoms. The number of amides is 2. The average Bonchev–Trinajstić information content (AvgIpc) is 3.11. The zero-order valence-corrected chi connectivity index (χ0v) is 15.2. The first-order valence-corrected chi connectivity index (χ1v) is 10.1. The van der Waals surface area contributed by atoms with Crippen molar-refractivity contribution in [2.45, 2.75) is 24.8 Å². The van der Waals surface area contributed by atoms with Gasteiger partial charge >= 0.3 is 6.03 Å². The number of nitrogens with one attached hydrogen (secondary N) is 1. The molecule has 2 fully saturated rings. The number of hydrogen-bond donors (Lipinski definition) is 1. The largest absolute Gasteiger partial charge is 0.379 e. The molecule has 2 heterocycles. The maximum absolute atomic E-state index is 12.4. The fraction of sp³-hybridized carbons (Fsp3) is 0.611. The van der Waals surface area contributed by atoms with Crippen LogP contribution in [0.5, 0.6) is 0 Å². The Kier molecular flexibility index (Phi) is 6.40. The third-order valence-corrected chi connectivity index (χ3v) is 5.38. The van der Waals surface area contributed by atoms with E-state index >= 15 is 0 Å². The predicted octanol–water partition coefficient (Wildman–Crippen LogP) is 2.17. The Hall–Kier alpha value is -1.24. The first-order chi connectivity index (χ1) is 11.8. The highest BCUT2D eigenvalue weighted by Crippen LogP contribution is 2.17. The predicted molar refractivity (Wildman–Crippen MR) is 98.3 cm³/mol. The Bertz CT molecular complexity index is 549. The van der Waals surface area contributed by atoms with Gasteiger partial charge in [0.05, 0.1) is 13.2 Å². The Morgan fingerprint density at radius 1 is 1.29 bits per heavy atom. The number of nitrogens with zero attached hydrogens (tertiary/aromatic N) is 2. The van der Waals surface area contributed by atoms with Crippen molar-refractivity contribution in [1.29, 1.82) is 0 Å². The molecular weight excluding hydrogens is 322 g/mol. The number of rotatable bonds is 5. The van der Waals surface area contributed by atoms with Crippen LogP contribution in [0.3, 0.4) is 0 Å². The quantitative estimate of drug-likeness (QED) is 0.885. The molecule has 5 nitrogen and oxygen atoms in total. The SMILES string of the molecule is CSCc1cccc(CNC(=O)N2CCC(N3CCOCC3)C2)c1. The van der Waals surface area contributed by atoms with Crippen molar-refractivity contribution in [3.63, 3.8) is 0 Å². The van der Waals surface area contributed by atoms with Crippen LogP contribution in [-0.4, -0.2) is 67.5 Å². The van der Waals surface area contributed by atoms with E-state index < -0.39 is 0 Å². The fourth-order valence-electron chi connectivity index (χ4n) is 3.45. The number of hydrogen-bond acceptors (Lipinski definition) is 4. The van der Waals surface area contributed by atoms with Gasteiger partial charge in [0.25, 0.3) is 0 Å². The van der Waals surface area contributed by atoms with E-state index in [-0.39, 0.29) is 6.03 Å². The molecule has 3 rings (SSSR count). The highest BCUT2D eigenvalue weighted by Gasteiger charge is 2.30. The molecule has 0 radical (unpaired) electrons. The lowest BCUT2D eigenvalue weighted by molar-refractivity contribution is 0.0191.